The van der Waals surface area contributed by atoms with Crippen molar-refractivity contribution < 1.29 is 9.90 Å². The Hall–Kier alpha value is -1.35. The quantitative estimate of drug-likeness (QED) is 0.833. The molecule has 0 heterocycles. The minimum Gasteiger partial charge on any atom is -0.395 e. The molecule has 1 amide bonds. The van der Waals surface area contributed by atoms with Crippen molar-refractivity contribution in [3.8, 4) is 0 Å². The van der Waals surface area contributed by atoms with Crippen LogP contribution in [0.5, 0.6) is 0 Å². The van der Waals surface area contributed by atoms with E-state index in [0.717, 1.165) is 19.3 Å². The average molecular weight is 247 g/mol. The van der Waals surface area contributed by atoms with Gasteiger partial charge >= 0.3 is 0 Å². The van der Waals surface area contributed by atoms with Gasteiger partial charge in [0.25, 0.3) is 0 Å². The first-order valence-electron chi connectivity index (χ1n) is 6.66. The second-order valence-corrected chi connectivity index (χ2v) is 5.05. The number of amides is 1. The number of hydrogen-bond donors (Lipinski definition) is 1. The molecule has 0 aromatic heterocycles. The van der Waals surface area contributed by atoms with Crippen molar-refractivity contribution >= 4 is 5.91 Å². The Morgan fingerprint density at radius 1 is 1.33 bits per heavy atom. The molecule has 1 aliphatic rings. The third kappa shape index (κ3) is 2.72. The molecule has 0 saturated heterocycles. The van der Waals surface area contributed by atoms with E-state index in [-0.39, 0.29) is 17.9 Å². The van der Waals surface area contributed by atoms with Crippen LogP contribution in [0, 0.1) is 5.41 Å². The first kappa shape index (κ1) is 13.1. The van der Waals surface area contributed by atoms with Crippen molar-refractivity contribution in [1.82, 2.24) is 4.90 Å². The second-order valence-electron chi connectivity index (χ2n) is 5.05. The van der Waals surface area contributed by atoms with Gasteiger partial charge in [-0.3, -0.25) is 4.79 Å². The Morgan fingerprint density at radius 3 is 2.50 bits per heavy atom. The summed E-state index contributed by atoms with van der Waals surface area (Å²) in [6, 6.07) is 10.2. The highest BCUT2D eigenvalue weighted by molar-refractivity contribution is 5.85. The summed E-state index contributed by atoms with van der Waals surface area (Å²) in [6.07, 6.45) is 2.78. The first-order chi connectivity index (χ1) is 8.72. The molecule has 0 unspecified atom stereocenters. The molecule has 1 aliphatic carbocycles. The summed E-state index contributed by atoms with van der Waals surface area (Å²) in [4.78, 5) is 14.2. The number of carbonyl (C=O) groups excluding carboxylic acids is 1. The number of likely N-dealkylation sites (N-methyl/N-ethyl adjacent to an activating group) is 1. The Kier molecular flexibility index (Phi) is 4.02. The van der Waals surface area contributed by atoms with E-state index in [1.807, 2.05) is 25.1 Å². The summed E-state index contributed by atoms with van der Waals surface area (Å²) in [5.41, 5.74) is 1.04. The minimum atomic E-state index is -0.188. The molecule has 3 heteroatoms. The average Bonchev–Trinajstić information content (AvgIpc) is 3.17. The fourth-order valence-electron chi connectivity index (χ4n) is 2.46. The van der Waals surface area contributed by atoms with Crippen LogP contribution in [-0.2, 0) is 11.2 Å². The van der Waals surface area contributed by atoms with E-state index < -0.39 is 0 Å². The SMILES string of the molecule is CCN(CCO)C(=O)C1(Cc2ccccc2)CC1. The maximum Gasteiger partial charge on any atom is 0.229 e. The van der Waals surface area contributed by atoms with Crippen LogP contribution in [0.3, 0.4) is 0 Å². The molecule has 0 spiro atoms. The third-order valence-corrected chi connectivity index (χ3v) is 3.73. The van der Waals surface area contributed by atoms with Gasteiger partial charge in [0.15, 0.2) is 0 Å². The van der Waals surface area contributed by atoms with Crippen molar-refractivity contribution in [2.24, 2.45) is 5.41 Å². The molecular weight excluding hydrogens is 226 g/mol. The Bertz CT molecular complexity index is 398. The predicted molar refractivity (Wildman–Crippen MR) is 71.2 cm³/mol. The Morgan fingerprint density at radius 2 is 2.00 bits per heavy atom. The zero-order valence-electron chi connectivity index (χ0n) is 10.9. The van der Waals surface area contributed by atoms with Crippen LogP contribution >= 0.6 is 0 Å². The lowest BCUT2D eigenvalue weighted by Crippen LogP contribution is -2.39. The summed E-state index contributed by atoms with van der Waals surface area (Å²) >= 11 is 0. The van der Waals surface area contributed by atoms with Gasteiger partial charge < -0.3 is 10.0 Å². The van der Waals surface area contributed by atoms with Crippen molar-refractivity contribution in [1.29, 1.82) is 0 Å². The van der Waals surface area contributed by atoms with Gasteiger partial charge in [0.2, 0.25) is 5.91 Å². The number of aliphatic hydroxyl groups is 1. The molecule has 1 fully saturated rings. The van der Waals surface area contributed by atoms with Crippen LogP contribution in [0.2, 0.25) is 0 Å². The normalized spacial score (nSPS) is 16.3. The molecule has 0 atom stereocenters. The van der Waals surface area contributed by atoms with Crippen molar-refractivity contribution in [2.45, 2.75) is 26.2 Å². The predicted octanol–water partition coefficient (Wildman–Crippen LogP) is 1.85. The van der Waals surface area contributed by atoms with E-state index in [4.69, 9.17) is 5.11 Å². The molecule has 1 aromatic carbocycles. The lowest BCUT2D eigenvalue weighted by molar-refractivity contribution is -0.137. The number of carbonyl (C=O) groups is 1. The van der Waals surface area contributed by atoms with Crippen LogP contribution in [0.25, 0.3) is 0 Å². The summed E-state index contributed by atoms with van der Waals surface area (Å²) in [7, 11) is 0. The molecule has 1 saturated carbocycles. The number of nitrogens with zero attached hydrogens (tertiary/aromatic N) is 1. The fourth-order valence-corrected chi connectivity index (χ4v) is 2.46. The van der Waals surface area contributed by atoms with Gasteiger partial charge in [-0.25, -0.2) is 0 Å². The van der Waals surface area contributed by atoms with Crippen molar-refractivity contribution in [3.63, 3.8) is 0 Å². The summed E-state index contributed by atoms with van der Waals surface area (Å²) in [6.45, 7) is 3.13. The lowest BCUT2D eigenvalue weighted by atomic mass is 9.95. The molecule has 3 nitrogen and oxygen atoms in total. The van der Waals surface area contributed by atoms with E-state index in [2.05, 4.69) is 12.1 Å². The fraction of sp³-hybridized carbons (Fsp3) is 0.533. The smallest absolute Gasteiger partial charge is 0.229 e. The molecule has 0 radical (unpaired) electrons. The van der Waals surface area contributed by atoms with E-state index in [1.54, 1.807) is 4.90 Å². The van der Waals surface area contributed by atoms with E-state index >= 15 is 0 Å². The second kappa shape index (κ2) is 5.53. The number of aliphatic hydroxyl groups excluding tert-OH is 1. The topological polar surface area (TPSA) is 40.5 Å². The van der Waals surface area contributed by atoms with Gasteiger partial charge in [0.05, 0.1) is 12.0 Å². The molecule has 18 heavy (non-hydrogen) atoms. The van der Waals surface area contributed by atoms with Crippen LogP contribution in [0.15, 0.2) is 30.3 Å². The van der Waals surface area contributed by atoms with Crippen LogP contribution in [0.4, 0.5) is 0 Å². The molecule has 98 valence electrons. The van der Waals surface area contributed by atoms with Gasteiger partial charge in [-0.05, 0) is 31.7 Å². The van der Waals surface area contributed by atoms with Crippen LogP contribution in [-0.4, -0.2) is 35.6 Å². The number of rotatable bonds is 6. The monoisotopic (exact) mass is 247 g/mol. The van der Waals surface area contributed by atoms with Gasteiger partial charge in [0, 0.05) is 13.1 Å². The number of hydrogen-bond acceptors (Lipinski definition) is 2. The summed E-state index contributed by atoms with van der Waals surface area (Å²) < 4.78 is 0. The zero-order chi connectivity index (χ0) is 13.0. The zero-order valence-corrected chi connectivity index (χ0v) is 10.9. The van der Waals surface area contributed by atoms with E-state index in [1.165, 1.54) is 5.56 Å². The summed E-state index contributed by atoms with van der Waals surface area (Å²) in [5, 5.41) is 9.00. The number of benzene rings is 1. The molecule has 0 aliphatic heterocycles. The van der Waals surface area contributed by atoms with E-state index in [9.17, 15) is 4.79 Å². The van der Waals surface area contributed by atoms with Gasteiger partial charge in [-0.15, -0.1) is 0 Å². The van der Waals surface area contributed by atoms with Crippen molar-refractivity contribution in [3.05, 3.63) is 35.9 Å². The first-order valence-corrected chi connectivity index (χ1v) is 6.66. The van der Waals surface area contributed by atoms with Gasteiger partial charge in [-0.2, -0.15) is 0 Å². The largest absolute Gasteiger partial charge is 0.395 e. The molecule has 1 N–H and O–H groups in total. The summed E-state index contributed by atoms with van der Waals surface area (Å²) in [5.74, 6) is 0.211. The highest BCUT2D eigenvalue weighted by Crippen LogP contribution is 2.49. The van der Waals surface area contributed by atoms with E-state index in [0.29, 0.717) is 13.1 Å². The Labute approximate surface area is 108 Å². The highest BCUT2D eigenvalue weighted by Gasteiger charge is 2.50. The molecule has 1 aromatic rings. The maximum absolute atomic E-state index is 12.5. The van der Waals surface area contributed by atoms with Crippen LogP contribution < -0.4 is 0 Å². The Balaban J connectivity index is 2.05. The highest BCUT2D eigenvalue weighted by atomic mass is 16.3. The molecular formula is C15H21NO2. The third-order valence-electron chi connectivity index (χ3n) is 3.73. The van der Waals surface area contributed by atoms with Gasteiger partial charge in [0.1, 0.15) is 0 Å². The lowest BCUT2D eigenvalue weighted by Gasteiger charge is -2.25. The molecule has 2 rings (SSSR count). The maximum atomic E-state index is 12.5. The molecule has 0 bridgehead atoms. The minimum absolute atomic E-state index is 0.0427. The van der Waals surface area contributed by atoms with Gasteiger partial charge in [-0.1, -0.05) is 30.3 Å². The van der Waals surface area contributed by atoms with Crippen LogP contribution in [0.1, 0.15) is 25.3 Å². The standard InChI is InChI=1S/C15H21NO2/c1-2-16(10-11-17)14(18)15(8-9-15)12-13-6-4-3-5-7-13/h3-7,17H,2,8-12H2,1H3. The van der Waals surface area contributed by atoms with Crippen molar-refractivity contribution in [2.75, 3.05) is 19.7 Å².